The van der Waals surface area contributed by atoms with E-state index in [9.17, 15) is 19.5 Å². The lowest BCUT2D eigenvalue weighted by Gasteiger charge is -2.11. The molecule has 6 rings (SSSR count). The molecule has 0 aliphatic carbocycles. The van der Waals surface area contributed by atoms with Crippen LogP contribution in [0.2, 0.25) is 0 Å². The lowest BCUT2D eigenvalue weighted by Crippen LogP contribution is -2.11. The molecule has 0 saturated carbocycles. The fourth-order valence-electron chi connectivity index (χ4n) is 5.49. The highest BCUT2D eigenvalue weighted by Gasteiger charge is 2.25. The van der Waals surface area contributed by atoms with Crippen LogP contribution in [0.5, 0.6) is 5.75 Å². The predicted molar refractivity (Wildman–Crippen MR) is 199 cm³/mol. The van der Waals surface area contributed by atoms with Crippen LogP contribution in [0.25, 0.3) is 44.9 Å². The van der Waals surface area contributed by atoms with Gasteiger partial charge in [-0.3, -0.25) is 9.59 Å². The van der Waals surface area contributed by atoms with Crippen molar-refractivity contribution in [1.82, 2.24) is 0 Å². The summed E-state index contributed by atoms with van der Waals surface area (Å²) in [4.78, 5) is 33.6. The highest BCUT2D eigenvalue weighted by molar-refractivity contribution is 9.10. The van der Waals surface area contributed by atoms with Crippen molar-refractivity contribution in [1.29, 1.82) is 0 Å². The number of esters is 1. The van der Waals surface area contributed by atoms with Gasteiger partial charge in [-0.25, -0.2) is 4.79 Å². The number of furan rings is 1. The van der Waals surface area contributed by atoms with E-state index in [1.165, 1.54) is 0 Å². The van der Waals surface area contributed by atoms with Gasteiger partial charge in [-0.2, -0.15) is 0 Å². The smallest absolute Gasteiger partial charge is 0.341 e. The van der Waals surface area contributed by atoms with Crippen molar-refractivity contribution >= 4 is 33.7 Å². The summed E-state index contributed by atoms with van der Waals surface area (Å²) in [7, 11) is 0. The first-order valence-corrected chi connectivity index (χ1v) is 16.9. The number of carboxylic acids is 1. The lowest BCUT2D eigenvalue weighted by atomic mass is 9.93. The molecule has 0 aliphatic heterocycles. The maximum atomic E-state index is 11.6. The second kappa shape index (κ2) is 17.8. The molecule has 0 fully saturated rings. The van der Waals surface area contributed by atoms with E-state index >= 15 is 0 Å². The quantitative estimate of drug-likeness (QED) is 0.0721. The Kier molecular flexibility index (Phi) is 12.7. The molecule has 0 spiro atoms. The number of aliphatic hydroxyl groups is 1. The van der Waals surface area contributed by atoms with E-state index in [2.05, 4.69) is 15.9 Å². The van der Waals surface area contributed by atoms with Gasteiger partial charge in [0.2, 0.25) is 0 Å². The topological polar surface area (TPSA) is 123 Å². The largest absolute Gasteiger partial charge is 0.482 e. The minimum absolute atomic E-state index is 0.202. The SMILES string of the molecule is CCOC(=O)CC(=O)c1ccccc1Br.O=C(O)COc1cccc(-c2ccccc2-c2oc(-c3ccccc3)c(-c3ccccc3)c2CO)c1. The second-order valence-electron chi connectivity index (χ2n) is 11.1. The fraction of sp³-hybridized carbons (Fsp3) is 0.119. The second-order valence-corrected chi connectivity index (χ2v) is 12.0. The van der Waals surface area contributed by atoms with Crippen molar-refractivity contribution in [2.24, 2.45) is 0 Å². The molecule has 6 aromatic rings. The Hall–Kier alpha value is -5.77. The van der Waals surface area contributed by atoms with Gasteiger partial charge in [-0.1, -0.05) is 131 Å². The van der Waals surface area contributed by atoms with Gasteiger partial charge in [-0.05, 0) is 41.8 Å². The molecule has 9 heteroatoms. The van der Waals surface area contributed by atoms with E-state index in [4.69, 9.17) is 19.0 Å². The number of carbonyl (C=O) groups is 3. The Balaban J connectivity index is 0.000000283. The third kappa shape index (κ3) is 9.27. The monoisotopic (exact) mass is 746 g/mol. The normalized spacial score (nSPS) is 10.5. The van der Waals surface area contributed by atoms with E-state index in [-0.39, 0.29) is 18.8 Å². The Morgan fingerprint density at radius 2 is 1.31 bits per heavy atom. The number of aliphatic carboxylic acids is 1. The number of benzene rings is 5. The average Bonchev–Trinajstić information content (AvgIpc) is 3.55. The zero-order valence-electron chi connectivity index (χ0n) is 27.8. The van der Waals surface area contributed by atoms with Crippen molar-refractivity contribution in [2.45, 2.75) is 20.0 Å². The number of halogens is 1. The Morgan fingerprint density at radius 1 is 0.706 bits per heavy atom. The first kappa shape index (κ1) is 36.5. The van der Waals surface area contributed by atoms with Gasteiger partial charge in [0.15, 0.2) is 12.4 Å². The highest BCUT2D eigenvalue weighted by Crippen LogP contribution is 2.45. The van der Waals surface area contributed by atoms with Crippen LogP contribution in [0.3, 0.4) is 0 Å². The number of rotatable bonds is 12. The molecule has 8 nitrogen and oxygen atoms in total. The molecule has 1 heterocycles. The van der Waals surface area contributed by atoms with Gasteiger partial charge in [0.25, 0.3) is 0 Å². The molecule has 0 radical (unpaired) electrons. The van der Waals surface area contributed by atoms with Crippen molar-refractivity contribution in [3.63, 3.8) is 0 Å². The first-order valence-electron chi connectivity index (χ1n) is 16.2. The molecule has 2 N–H and O–H groups in total. The fourth-order valence-corrected chi connectivity index (χ4v) is 6.00. The summed E-state index contributed by atoms with van der Waals surface area (Å²) >= 11 is 3.25. The zero-order valence-corrected chi connectivity index (χ0v) is 29.3. The molecule has 5 aromatic carbocycles. The van der Waals surface area contributed by atoms with E-state index in [0.717, 1.165) is 33.4 Å². The Morgan fingerprint density at radius 3 is 1.96 bits per heavy atom. The maximum absolute atomic E-state index is 11.6. The molecular weight excluding hydrogens is 712 g/mol. The van der Waals surface area contributed by atoms with Crippen LogP contribution < -0.4 is 4.74 Å². The summed E-state index contributed by atoms with van der Waals surface area (Å²) in [5, 5.41) is 19.5. The van der Waals surface area contributed by atoms with E-state index in [1.807, 2.05) is 103 Å². The van der Waals surface area contributed by atoms with Crippen LogP contribution >= 0.6 is 15.9 Å². The van der Waals surface area contributed by atoms with Gasteiger partial charge < -0.3 is 24.1 Å². The number of Topliss-reactive ketones (excluding diaryl/α,β-unsaturated/α-hetero) is 1. The zero-order chi connectivity index (χ0) is 36.2. The predicted octanol–water partition coefficient (Wildman–Crippen LogP) is 9.49. The summed E-state index contributed by atoms with van der Waals surface area (Å²) in [5.74, 6) is -0.0247. The molecule has 0 saturated heterocycles. The standard InChI is InChI=1S/C31H24O5.C11H11BrO3/c32-19-27-29(21-10-3-1-4-11-21)30(22-12-5-2-6-13-22)36-31(27)26-17-8-7-16-25(26)23-14-9-15-24(18-23)35-20-28(33)34;1-2-15-11(14)7-10(13)8-5-3-4-6-9(8)12/h1-18,32H,19-20H2,(H,33,34);3-6H,2,7H2,1H3. The summed E-state index contributed by atoms with van der Waals surface area (Å²) in [5.41, 5.74) is 6.47. The van der Waals surface area contributed by atoms with Crippen molar-refractivity contribution in [3.05, 3.63) is 149 Å². The van der Waals surface area contributed by atoms with Crippen molar-refractivity contribution in [2.75, 3.05) is 13.2 Å². The van der Waals surface area contributed by atoms with Crippen molar-refractivity contribution in [3.8, 4) is 50.7 Å². The number of ketones is 1. The van der Waals surface area contributed by atoms with Crippen LogP contribution in [0, 0.1) is 0 Å². The lowest BCUT2D eigenvalue weighted by molar-refractivity contribution is -0.142. The van der Waals surface area contributed by atoms with Gasteiger partial charge in [-0.15, -0.1) is 0 Å². The number of aliphatic hydroxyl groups excluding tert-OH is 1. The molecule has 258 valence electrons. The molecule has 0 unspecified atom stereocenters. The number of hydrogen-bond donors (Lipinski definition) is 2. The summed E-state index contributed by atoms with van der Waals surface area (Å²) in [6.45, 7) is 1.38. The number of carboxylic acid groups (broad SMARTS) is 1. The molecule has 1 aromatic heterocycles. The minimum Gasteiger partial charge on any atom is -0.482 e. The van der Waals surface area contributed by atoms with Crippen LogP contribution in [-0.2, 0) is 20.9 Å². The highest BCUT2D eigenvalue weighted by atomic mass is 79.9. The number of hydrogen-bond acceptors (Lipinski definition) is 7. The molecular formula is C42H35BrO8. The number of ether oxygens (including phenoxy) is 2. The molecule has 0 bridgehead atoms. The van der Waals surface area contributed by atoms with E-state index in [0.29, 0.717) is 39.5 Å². The van der Waals surface area contributed by atoms with Crippen LogP contribution in [0.15, 0.2) is 142 Å². The van der Waals surface area contributed by atoms with Gasteiger partial charge >= 0.3 is 11.9 Å². The van der Waals surface area contributed by atoms with E-state index in [1.54, 1.807) is 37.3 Å². The molecule has 0 aliphatic rings. The molecule has 0 amide bonds. The van der Waals surface area contributed by atoms with Crippen molar-refractivity contribution < 1.29 is 38.5 Å². The minimum atomic E-state index is -1.04. The third-order valence-corrected chi connectivity index (χ3v) is 8.42. The van der Waals surface area contributed by atoms with Crippen LogP contribution in [0.4, 0.5) is 0 Å². The first-order chi connectivity index (χ1) is 24.8. The summed E-state index contributed by atoms with van der Waals surface area (Å²) < 4.78 is 17.4. The van der Waals surface area contributed by atoms with E-state index < -0.39 is 18.5 Å². The molecule has 51 heavy (non-hydrogen) atoms. The summed E-state index contributed by atoms with van der Waals surface area (Å²) in [6.07, 6.45) is -0.212. The summed E-state index contributed by atoms with van der Waals surface area (Å²) in [6, 6.07) is 41.8. The third-order valence-electron chi connectivity index (χ3n) is 7.73. The molecule has 0 atom stereocenters. The van der Waals surface area contributed by atoms with Crippen LogP contribution in [0.1, 0.15) is 29.3 Å². The average molecular weight is 748 g/mol. The van der Waals surface area contributed by atoms with Crippen LogP contribution in [-0.4, -0.2) is 41.1 Å². The maximum Gasteiger partial charge on any atom is 0.341 e. The Bertz CT molecular complexity index is 2100. The van der Waals surface area contributed by atoms with Gasteiger partial charge in [0.05, 0.1) is 13.2 Å². The Labute approximate surface area is 304 Å². The van der Waals surface area contributed by atoms with Gasteiger partial charge in [0.1, 0.15) is 23.7 Å². The van der Waals surface area contributed by atoms with Gasteiger partial charge in [0, 0.05) is 32.3 Å². The number of carbonyl (C=O) groups excluding carboxylic acids is 2.